The van der Waals surface area contributed by atoms with Gasteiger partial charge < -0.3 is 20.1 Å². The highest BCUT2D eigenvalue weighted by Gasteiger charge is 2.17. The number of carboxylic acid groups (broad SMARTS) is 1. The Morgan fingerprint density at radius 2 is 1.90 bits per heavy atom. The number of hydrogen-bond donors (Lipinski definition) is 3. The van der Waals surface area contributed by atoms with Crippen LogP contribution in [0, 0.1) is 5.92 Å². The number of likely N-dealkylation sites (tertiary alicyclic amines) is 1. The van der Waals surface area contributed by atoms with E-state index in [0.717, 1.165) is 25.9 Å². The van der Waals surface area contributed by atoms with Crippen LogP contribution < -0.4 is 10.6 Å². The van der Waals surface area contributed by atoms with Gasteiger partial charge in [-0.2, -0.15) is 0 Å². The van der Waals surface area contributed by atoms with Gasteiger partial charge in [-0.05, 0) is 38.9 Å². The van der Waals surface area contributed by atoms with Gasteiger partial charge in [0, 0.05) is 6.54 Å². The molecule has 3 amide bonds. The Kier molecular flexibility index (Phi) is 6.96. The van der Waals surface area contributed by atoms with Crippen molar-refractivity contribution in [1.82, 2.24) is 15.5 Å². The zero-order valence-electron chi connectivity index (χ0n) is 11.6. The summed E-state index contributed by atoms with van der Waals surface area (Å²) in [7, 11) is 2.06. The van der Waals surface area contributed by atoms with E-state index in [0.29, 0.717) is 12.5 Å². The molecule has 0 aromatic carbocycles. The van der Waals surface area contributed by atoms with Crippen molar-refractivity contribution in [3.8, 4) is 0 Å². The van der Waals surface area contributed by atoms with Crippen molar-refractivity contribution in [3.05, 3.63) is 0 Å². The topological polar surface area (TPSA) is 108 Å². The molecule has 114 valence electrons. The fourth-order valence-corrected chi connectivity index (χ4v) is 1.94. The summed E-state index contributed by atoms with van der Waals surface area (Å²) in [6.07, 6.45) is 2.04. The molecule has 0 aromatic rings. The van der Waals surface area contributed by atoms with Gasteiger partial charge in [-0.15, -0.1) is 0 Å². The summed E-state index contributed by atoms with van der Waals surface area (Å²) in [5.41, 5.74) is 0. The Labute approximate surface area is 117 Å². The number of amides is 3. The molecule has 1 aliphatic heterocycles. The second-order valence-corrected chi connectivity index (χ2v) is 4.89. The predicted octanol–water partition coefficient (Wildman–Crippen LogP) is -0.745. The van der Waals surface area contributed by atoms with Gasteiger partial charge in [0.2, 0.25) is 0 Å². The maximum Gasteiger partial charge on any atom is 0.329 e. The molecule has 1 saturated heterocycles. The summed E-state index contributed by atoms with van der Waals surface area (Å²) in [6.45, 7) is 1.54. The monoisotopic (exact) mass is 287 g/mol. The van der Waals surface area contributed by atoms with Crippen molar-refractivity contribution >= 4 is 17.9 Å². The predicted molar refractivity (Wildman–Crippen MR) is 70.2 cm³/mol. The summed E-state index contributed by atoms with van der Waals surface area (Å²) in [5, 5.41) is 13.0. The summed E-state index contributed by atoms with van der Waals surface area (Å²) >= 11 is 0. The number of piperidine rings is 1. The molecule has 0 bridgehead atoms. The molecule has 20 heavy (non-hydrogen) atoms. The van der Waals surface area contributed by atoms with Crippen molar-refractivity contribution < 1.29 is 24.2 Å². The minimum Gasteiger partial charge on any atom is -0.480 e. The van der Waals surface area contributed by atoms with Crippen LogP contribution in [0.1, 0.15) is 12.8 Å². The first-order chi connectivity index (χ1) is 9.47. The number of nitrogens with one attached hydrogen (secondary N) is 2. The molecule has 0 saturated carbocycles. The van der Waals surface area contributed by atoms with Crippen LogP contribution in [0.5, 0.6) is 0 Å². The standard InChI is InChI=1S/C12H21N3O5/c1-15-4-2-9(3-5-15)6-13-12(19)14-10(16)7-20-8-11(17)18/h9H,2-8H2,1H3,(H,17,18)(H2,13,14,16,19). The van der Waals surface area contributed by atoms with E-state index in [4.69, 9.17) is 5.11 Å². The van der Waals surface area contributed by atoms with Crippen LogP contribution >= 0.6 is 0 Å². The molecular weight excluding hydrogens is 266 g/mol. The number of ether oxygens (including phenoxy) is 1. The zero-order chi connectivity index (χ0) is 15.0. The largest absolute Gasteiger partial charge is 0.480 e. The maximum absolute atomic E-state index is 11.4. The lowest BCUT2D eigenvalue weighted by Gasteiger charge is -2.28. The molecule has 8 heteroatoms. The lowest BCUT2D eigenvalue weighted by Crippen LogP contribution is -2.44. The van der Waals surface area contributed by atoms with Gasteiger partial charge in [-0.25, -0.2) is 9.59 Å². The van der Waals surface area contributed by atoms with Crippen molar-refractivity contribution in [2.24, 2.45) is 5.92 Å². The van der Waals surface area contributed by atoms with Gasteiger partial charge in [0.1, 0.15) is 13.2 Å². The van der Waals surface area contributed by atoms with Gasteiger partial charge in [0.05, 0.1) is 0 Å². The fourth-order valence-electron chi connectivity index (χ4n) is 1.94. The van der Waals surface area contributed by atoms with E-state index in [1.54, 1.807) is 0 Å². The van der Waals surface area contributed by atoms with E-state index in [1.165, 1.54) is 0 Å². The number of carbonyl (C=O) groups is 3. The number of nitrogens with zero attached hydrogens (tertiary/aromatic N) is 1. The first kappa shape index (κ1) is 16.4. The van der Waals surface area contributed by atoms with Crippen LogP contribution in [0.25, 0.3) is 0 Å². The highest BCUT2D eigenvalue weighted by Crippen LogP contribution is 2.14. The third-order valence-electron chi connectivity index (χ3n) is 3.10. The van der Waals surface area contributed by atoms with Gasteiger partial charge in [0.25, 0.3) is 5.91 Å². The Morgan fingerprint density at radius 1 is 1.25 bits per heavy atom. The maximum atomic E-state index is 11.4. The summed E-state index contributed by atoms with van der Waals surface area (Å²) in [5.74, 6) is -1.40. The lowest BCUT2D eigenvalue weighted by molar-refractivity contribution is -0.143. The van der Waals surface area contributed by atoms with Crippen molar-refractivity contribution in [3.63, 3.8) is 0 Å². The van der Waals surface area contributed by atoms with Crippen LogP contribution in [-0.2, 0) is 14.3 Å². The molecule has 0 spiro atoms. The number of imide groups is 1. The summed E-state index contributed by atoms with van der Waals surface area (Å²) in [4.78, 5) is 35.1. The minimum atomic E-state index is -1.16. The van der Waals surface area contributed by atoms with Crippen LogP contribution in [0.2, 0.25) is 0 Å². The lowest BCUT2D eigenvalue weighted by atomic mass is 9.97. The average Bonchev–Trinajstić information content (AvgIpc) is 2.37. The van der Waals surface area contributed by atoms with E-state index >= 15 is 0 Å². The van der Waals surface area contributed by atoms with E-state index in [1.807, 2.05) is 0 Å². The van der Waals surface area contributed by atoms with Gasteiger partial charge in [-0.3, -0.25) is 10.1 Å². The SMILES string of the molecule is CN1CCC(CNC(=O)NC(=O)COCC(=O)O)CC1. The molecular formula is C12H21N3O5. The molecule has 1 heterocycles. The number of carbonyl (C=O) groups excluding carboxylic acids is 2. The molecule has 0 aromatic heterocycles. The quantitative estimate of drug-likeness (QED) is 0.593. The van der Waals surface area contributed by atoms with Crippen LogP contribution in [0.4, 0.5) is 4.79 Å². The first-order valence-electron chi connectivity index (χ1n) is 6.53. The smallest absolute Gasteiger partial charge is 0.329 e. The highest BCUT2D eigenvalue weighted by atomic mass is 16.5. The second kappa shape index (κ2) is 8.49. The molecule has 1 rings (SSSR count). The first-order valence-corrected chi connectivity index (χ1v) is 6.53. The van der Waals surface area contributed by atoms with Crippen molar-refractivity contribution in [2.45, 2.75) is 12.8 Å². The van der Waals surface area contributed by atoms with Crippen LogP contribution in [0.3, 0.4) is 0 Å². The number of hydrogen-bond acceptors (Lipinski definition) is 5. The average molecular weight is 287 g/mol. The van der Waals surface area contributed by atoms with Gasteiger partial charge >= 0.3 is 12.0 Å². The number of rotatable bonds is 6. The number of aliphatic carboxylic acids is 1. The summed E-state index contributed by atoms with van der Waals surface area (Å²) in [6, 6.07) is -0.576. The van der Waals surface area contributed by atoms with Gasteiger partial charge in [-0.1, -0.05) is 0 Å². The second-order valence-electron chi connectivity index (χ2n) is 4.89. The normalized spacial score (nSPS) is 16.6. The molecule has 0 aliphatic carbocycles. The molecule has 1 fully saturated rings. The Hall–Kier alpha value is -1.67. The molecule has 8 nitrogen and oxygen atoms in total. The van der Waals surface area contributed by atoms with Crippen molar-refractivity contribution in [1.29, 1.82) is 0 Å². The molecule has 0 atom stereocenters. The van der Waals surface area contributed by atoms with Gasteiger partial charge in [0.15, 0.2) is 0 Å². The Bertz CT molecular complexity index is 353. The molecule has 0 unspecified atom stereocenters. The summed E-state index contributed by atoms with van der Waals surface area (Å²) < 4.78 is 4.57. The van der Waals surface area contributed by atoms with E-state index in [9.17, 15) is 14.4 Å². The third-order valence-corrected chi connectivity index (χ3v) is 3.10. The van der Waals surface area contributed by atoms with E-state index < -0.39 is 31.1 Å². The number of urea groups is 1. The minimum absolute atomic E-state index is 0.426. The Balaban J connectivity index is 2.10. The number of carboxylic acids is 1. The van der Waals surface area contributed by atoms with E-state index in [-0.39, 0.29) is 0 Å². The Morgan fingerprint density at radius 3 is 2.50 bits per heavy atom. The van der Waals surface area contributed by atoms with E-state index in [2.05, 4.69) is 27.3 Å². The fraction of sp³-hybridized carbons (Fsp3) is 0.750. The zero-order valence-corrected chi connectivity index (χ0v) is 11.6. The van der Waals surface area contributed by atoms with Crippen molar-refractivity contribution in [2.75, 3.05) is 39.9 Å². The molecule has 1 aliphatic rings. The molecule has 0 radical (unpaired) electrons. The highest BCUT2D eigenvalue weighted by molar-refractivity contribution is 5.94. The molecule has 3 N–H and O–H groups in total. The third kappa shape index (κ3) is 7.05. The van der Waals surface area contributed by atoms with Crippen LogP contribution in [-0.4, -0.2) is 67.8 Å². The van der Waals surface area contributed by atoms with Crippen LogP contribution in [0.15, 0.2) is 0 Å².